The standard InChI is InChI=1S/C16H18O3S.C2H6/c1-11-3-7-15(8-4-11)19-16(17)13-5-9-14(10-6-13)18-12(2)20;1-2/h3,5-7,9-10,12,20H,4,8H2,1-2H3;1-2H3. The van der Waals surface area contributed by atoms with Crippen LogP contribution < -0.4 is 4.74 Å². The first-order valence-electron chi connectivity index (χ1n) is 7.58. The lowest BCUT2D eigenvalue weighted by atomic mass is 10.1. The first-order chi connectivity index (χ1) is 10.5. The number of esters is 1. The Balaban J connectivity index is 0.00000116. The van der Waals surface area contributed by atoms with Gasteiger partial charge in [-0.3, -0.25) is 0 Å². The highest BCUT2D eigenvalue weighted by molar-refractivity contribution is 7.80. The molecule has 0 saturated heterocycles. The highest BCUT2D eigenvalue weighted by Crippen LogP contribution is 2.21. The molecular weight excluding hydrogens is 296 g/mol. The summed E-state index contributed by atoms with van der Waals surface area (Å²) in [6.07, 6.45) is 5.55. The Hall–Kier alpha value is -1.68. The Morgan fingerprint density at radius 3 is 2.27 bits per heavy atom. The number of rotatable bonds is 4. The van der Waals surface area contributed by atoms with Crippen LogP contribution in [0.5, 0.6) is 5.75 Å². The third-order valence-electron chi connectivity index (χ3n) is 2.94. The summed E-state index contributed by atoms with van der Waals surface area (Å²) in [5, 5.41) is 0. The van der Waals surface area contributed by atoms with Crippen LogP contribution >= 0.6 is 12.6 Å². The van der Waals surface area contributed by atoms with Crippen LogP contribution in [-0.4, -0.2) is 11.4 Å². The summed E-state index contributed by atoms with van der Waals surface area (Å²) in [6.45, 7) is 7.90. The topological polar surface area (TPSA) is 35.5 Å². The van der Waals surface area contributed by atoms with Crippen molar-refractivity contribution in [1.82, 2.24) is 0 Å². The van der Waals surface area contributed by atoms with Crippen molar-refractivity contribution in [2.24, 2.45) is 0 Å². The maximum atomic E-state index is 12.0. The average Bonchev–Trinajstić information content (AvgIpc) is 2.51. The number of hydrogen-bond acceptors (Lipinski definition) is 4. The van der Waals surface area contributed by atoms with Crippen molar-refractivity contribution in [1.29, 1.82) is 0 Å². The van der Waals surface area contributed by atoms with E-state index < -0.39 is 0 Å². The second-order valence-electron chi connectivity index (χ2n) is 4.78. The van der Waals surface area contributed by atoms with Gasteiger partial charge in [-0.2, -0.15) is 0 Å². The molecule has 120 valence electrons. The molecule has 4 heteroatoms. The summed E-state index contributed by atoms with van der Waals surface area (Å²) < 4.78 is 10.8. The van der Waals surface area contributed by atoms with E-state index in [9.17, 15) is 4.79 Å². The first-order valence-corrected chi connectivity index (χ1v) is 8.09. The average molecular weight is 320 g/mol. The van der Waals surface area contributed by atoms with Crippen molar-refractivity contribution in [2.45, 2.75) is 46.0 Å². The molecule has 1 aromatic rings. The molecule has 1 atom stereocenters. The van der Waals surface area contributed by atoms with Crippen LogP contribution in [0.15, 0.2) is 47.7 Å². The highest BCUT2D eigenvalue weighted by Gasteiger charge is 2.12. The van der Waals surface area contributed by atoms with Crippen molar-refractivity contribution in [3.05, 3.63) is 53.3 Å². The number of ether oxygens (including phenoxy) is 2. The van der Waals surface area contributed by atoms with E-state index in [2.05, 4.69) is 19.6 Å². The van der Waals surface area contributed by atoms with Gasteiger partial charge in [0.2, 0.25) is 0 Å². The second-order valence-corrected chi connectivity index (χ2v) is 5.50. The van der Waals surface area contributed by atoms with E-state index in [1.54, 1.807) is 24.3 Å². The molecule has 22 heavy (non-hydrogen) atoms. The predicted octanol–water partition coefficient (Wildman–Crippen LogP) is 5.15. The zero-order valence-corrected chi connectivity index (χ0v) is 14.5. The van der Waals surface area contributed by atoms with Crippen molar-refractivity contribution in [3.63, 3.8) is 0 Å². The summed E-state index contributed by atoms with van der Waals surface area (Å²) in [7, 11) is 0. The summed E-state index contributed by atoms with van der Waals surface area (Å²) in [6, 6.07) is 6.86. The lowest BCUT2D eigenvalue weighted by Crippen LogP contribution is -2.07. The normalized spacial score (nSPS) is 14.8. The number of carbonyl (C=O) groups excluding carboxylic acids is 1. The summed E-state index contributed by atoms with van der Waals surface area (Å²) >= 11 is 4.14. The molecule has 3 nitrogen and oxygen atoms in total. The van der Waals surface area contributed by atoms with Gasteiger partial charge in [0, 0.05) is 6.42 Å². The molecule has 1 aliphatic carbocycles. The predicted molar refractivity (Wildman–Crippen MR) is 93.4 cm³/mol. The quantitative estimate of drug-likeness (QED) is 0.473. The van der Waals surface area contributed by atoms with Crippen molar-refractivity contribution >= 4 is 18.6 Å². The van der Waals surface area contributed by atoms with E-state index in [1.165, 1.54) is 5.57 Å². The molecule has 0 radical (unpaired) electrons. The largest absolute Gasteiger partial charge is 0.480 e. The number of allylic oxidation sites excluding steroid dienone is 4. The molecule has 0 bridgehead atoms. The van der Waals surface area contributed by atoms with E-state index >= 15 is 0 Å². The van der Waals surface area contributed by atoms with Crippen molar-refractivity contribution in [3.8, 4) is 5.75 Å². The fraction of sp³-hybridized carbons (Fsp3) is 0.389. The van der Waals surface area contributed by atoms with Gasteiger partial charge in [-0.15, -0.1) is 12.6 Å². The van der Waals surface area contributed by atoms with E-state index in [0.717, 1.165) is 12.8 Å². The van der Waals surface area contributed by atoms with E-state index in [4.69, 9.17) is 9.47 Å². The fourth-order valence-corrected chi connectivity index (χ4v) is 1.97. The van der Waals surface area contributed by atoms with Gasteiger partial charge in [-0.25, -0.2) is 4.79 Å². The van der Waals surface area contributed by atoms with Crippen LogP contribution in [0.2, 0.25) is 0 Å². The maximum Gasteiger partial charge on any atom is 0.343 e. The molecule has 2 rings (SSSR count). The fourth-order valence-electron chi connectivity index (χ4n) is 1.85. The molecule has 0 saturated carbocycles. The molecule has 0 heterocycles. The van der Waals surface area contributed by atoms with Crippen LogP contribution in [-0.2, 0) is 4.74 Å². The van der Waals surface area contributed by atoms with Gasteiger partial charge in [-0.05, 0) is 50.6 Å². The van der Waals surface area contributed by atoms with E-state index in [1.807, 2.05) is 32.9 Å². The van der Waals surface area contributed by atoms with Crippen LogP contribution in [0.3, 0.4) is 0 Å². The van der Waals surface area contributed by atoms with E-state index in [-0.39, 0.29) is 11.4 Å². The zero-order chi connectivity index (χ0) is 16.5. The SMILES string of the molecule is CC.CC1=CC=C(OC(=O)c2ccc(OC(C)S)cc2)CC1. The molecule has 0 spiro atoms. The van der Waals surface area contributed by atoms with Gasteiger partial charge in [0.05, 0.1) is 5.56 Å². The van der Waals surface area contributed by atoms with Crippen LogP contribution in [0.1, 0.15) is 50.9 Å². The zero-order valence-electron chi connectivity index (χ0n) is 13.6. The molecule has 0 aromatic heterocycles. The summed E-state index contributed by atoms with van der Waals surface area (Å²) in [5.74, 6) is 1.05. The summed E-state index contributed by atoms with van der Waals surface area (Å²) in [5.41, 5.74) is 1.62. The molecule has 1 unspecified atom stereocenters. The number of carbonyl (C=O) groups is 1. The second kappa shape index (κ2) is 9.36. The van der Waals surface area contributed by atoms with Gasteiger partial charge in [0.15, 0.2) is 0 Å². The monoisotopic (exact) mass is 320 g/mol. The molecule has 1 aliphatic rings. The molecule has 1 aromatic carbocycles. The number of benzene rings is 1. The number of hydrogen-bond donors (Lipinski definition) is 1. The molecular formula is C18H24O3S. The lowest BCUT2D eigenvalue weighted by molar-refractivity contribution is 0.0613. The molecule has 0 amide bonds. The minimum Gasteiger partial charge on any atom is -0.480 e. The Morgan fingerprint density at radius 2 is 1.77 bits per heavy atom. The maximum absolute atomic E-state index is 12.0. The molecule has 0 N–H and O–H groups in total. The van der Waals surface area contributed by atoms with E-state index in [0.29, 0.717) is 17.1 Å². The third-order valence-corrected chi connectivity index (χ3v) is 3.05. The molecule has 0 aliphatic heterocycles. The summed E-state index contributed by atoms with van der Waals surface area (Å²) in [4.78, 5) is 12.0. The third kappa shape index (κ3) is 5.98. The highest BCUT2D eigenvalue weighted by atomic mass is 32.1. The van der Waals surface area contributed by atoms with Crippen molar-refractivity contribution < 1.29 is 14.3 Å². The molecule has 0 fully saturated rings. The van der Waals surface area contributed by atoms with Gasteiger partial charge in [0.25, 0.3) is 0 Å². The van der Waals surface area contributed by atoms with Crippen LogP contribution in [0.25, 0.3) is 0 Å². The van der Waals surface area contributed by atoms with Gasteiger partial charge in [-0.1, -0.05) is 25.5 Å². The van der Waals surface area contributed by atoms with Gasteiger partial charge >= 0.3 is 5.97 Å². The Labute approximate surface area is 138 Å². The van der Waals surface area contributed by atoms with Crippen molar-refractivity contribution in [2.75, 3.05) is 0 Å². The minimum atomic E-state index is -0.338. The van der Waals surface area contributed by atoms with Crippen LogP contribution in [0.4, 0.5) is 0 Å². The first kappa shape index (κ1) is 18.4. The van der Waals surface area contributed by atoms with Gasteiger partial charge in [0.1, 0.15) is 16.9 Å². The minimum absolute atomic E-state index is 0.185. The Bertz CT molecular complexity index is 542. The smallest absolute Gasteiger partial charge is 0.343 e. The van der Waals surface area contributed by atoms with Gasteiger partial charge < -0.3 is 9.47 Å². The van der Waals surface area contributed by atoms with Crippen LogP contribution in [0, 0.1) is 0 Å². The Kier molecular flexibility index (Phi) is 7.82. The number of thiol groups is 1. The lowest BCUT2D eigenvalue weighted by Gasteiger charge is -2.13. The Morgan fingerprint density at radius 1 is 1.14 bits per heavy atom.